The number of benzene rings is 1. The zero-order valence-corrected chi connectivity index (χ0v) is 12.3. The molecule has 2 aliphatic heterocycles. The van der Waals surface area contributed by atoms with Gasteiger partial charge in [-0.05, 0) is 24.8 Å². The van der Waals surface area contributed by atoms with Crippen molar-refractivity contribution in [1.29, 1.82) is 0 Å². The average Bonchev–Trinajstić information content (AvgIpc) is 3.15. The topological polar surface area (TPSA) is 40.6 Å². The van der Waals surface area contributed by atoms with Crippen LogP contribution in [0.1, 0.15) is 24.8 Å². The maximum Gasteiger partial charge on any atom is 0.227 e. The summed E-state index contributed by atoms with van der Waals surface area (Å²) < 4.78 is 0. The van der Waals surface area contributed by atoms with Crippen molar-refractivity contribution in [2.24, 2.45) is 5.92 Å². The fourth-order valence-corrected chi connectivity index (χ4v) is 3.26. The summed E-state index contributed by atoms with van der Waals surface area (Å²) in [7, 11) is 0. The summed E-state index contributed by atoms with van der Waals surface area (Å²) >= 11 is 0. The van der Waals surface area contributed by atoms with Crippen LogP contribution in [0.4, 0.5) is 0 Å². The lowest BCUT2D eigenvalue weighted by Gasteiger charge is -2.20. The minimum atomic E-state index is -0.119. The number of hydrogen-bond acceptors (Lipinski definition) is 2. The first-order valence-electron chi connectivity index (χ1n) is 7.84. The lowest BCUT2D eigenvalue weighted by Crippen LogP contribution is -2.35. The molecule has 1 aromatic carbocycles. The summed E-state index contributed by atoms with van der Waals surface area (Å²) in [5.41, 5.74) is 1.24. The van der Waals surface area contributed by atoms with Crippen LogP contribution in [0.25, 0.3) is 0 Å². The van der Waals surface area contributed by atoms with Gasteiger partial charge in [-0.25, -0.2) is 0 Å². The highest BCUT2D eigenvalue weighted by atomic mass is 16.2. The Bertz CT molecular complexity index is 509. The Hall–Kier alpha value is -1.84. The Labute approximate surface area is 125 Å². The van der Waals surface area contributed by atoms with Gasteiger partial charge in [0.15, 0.2) is 0 Å². The van der Waals surface area contributed by atoms with Crippen LogP contribution in [0.5, 0.6) is 0 Å². The summed E-state index contributed by atoms with van der Waals surface area (Å²) in [6, 6.07) is 10.2. The molecule has 2 saturated heterocycles. The van der Waals surface area contributed by atoms with Gasteiger partial charge in [-0.1, -0.05) is 30.3 Å². The van der Waals surface area contributed by atoms with Crippen LogP contribution in [0.15, 0.2) is 30.3 Å². The molecule has 1 unspecified atom stereocenters. The number of rotatable bonds is 4. The molecule has 4 nitrogen and oxygen atoms in total. The summed E-state index contributed by atoms with van der Waals surface area (Å²) in [5.74, 6) is 0.193. The van der Waals surface area contributed by atoms with Crippen LogP contribution in [-0.2, 0) is 16.0 Å². The summed E-state index contributed by atoms with van der Waals surface area (Å²) in [5, 5.41) is 0. The summed E-state index contributed by atoms with van der Waals surface area (Å²) in [6.07, 6.45) is 3.45. The number of carbonyl (C=O) groups excluding carboxylic acids is 2. The molecule has 0 bridgehead atoms. The Morgan fingerprint density at radius 3 is 2.57 bits per heavy atom. The van der Waals surface area contributed by atoms with Crippen LogP contribution in [0, 0.1) is 5.92 Å². The van der Waals surface area contributed by atoms with E-state index in [0.29, 0.717) is 19.5 Å². The molecule has 1 atom stereocenters. The highest BCUT2D eigenvalue weighted by Crippen LogP contribution is 2.22. The highest BCUT2D eigenvalue weighted by molar-refractivity contribution is 5.89. The fraction of sp³-hybridized carbons (Fsp3) is 0.529. The number of likely N-dealkylation sites (tertiary alicyclic amines) is 2. The summed E-state index contributed by atoms with van der Waals surface area (Å²) in [6.45, 7) is 3.05. The average molecular weight is 286 g/mol. The monoisotopic (exact) mass is 286 g/mol. The van der Waals surface area contributed by atoms with Crippen molar-refractivity contribution >= 4 is 11.8 Å². The highest BCUT2D eigenvalue weighted by Gasteiger charge is 2.36. The Morgan fingerprint density at radius 1 is 1.14 bits per heavy atom. The largest absolute Gasteiger partial charge is 0.342 e. The standard InChI is InChI=1S/C17H22N2O2/c20-16-12-15(17(21)18-9-4-5-10-18)13-19(16)11-8-14-6-2-1-3-7-14/h1-3,6-7,15H,4-5,8-13H2. The van der Waals surface area contributed by atoms with Crippen molar-refractivity contribution in [1.82, 2.24) is 9.80 Å². The molecule has 2 heterocycles. The van der Waals surface area contributed by atoms with Crippen LogP contribution < -0.4 is 0 Å². The lowest BCUT2D eigenvalue weighted by atomic mass is 10.1. The molecular weight excluding hydrogens is 264 g/mol. The molecular formula is C17H22N2O2. The van der Waals surface area contributed by atoms with Crippen molar-refractivity contribution < 1.29 is 9.59 Å². The van der Waals surface area contributed by atoms with Gasteiger partial charge < -0.3 is 9.80 Å². The Kier molecular flexibility index (Phi) is 4.23. The molecule has 3 rings (SSSR count). The van der Waals surface area contributed by atoms with E-state index in [-0.39, 0.29) is 17.7 Å². The molecule has 0 spiro atoms. The van der Waals surface area contributed by atoms with Crippen molar-refractivity contribution in [3.8, 4) is 0 Å². The number of hydrogen-bond donors (Lipinski definition) is 0. The van der Waals surface area contributed by atoms with Gasteiger partial charge in [-0.15, -0.1) is 0 Å². The van der Waals surface area contributed by atoms with E-state index >= 15 is 0 Å². The molecule has 112 valence electrons. The smallest absolute Gasteiger partial charge is 0.227 e. The Morgan fingerprint density at radius 2 is 1.86 bits per heavy atom. The fourth-order valence-electron chi connectivity index (χ4n) is 3.26. The molecule has 21 heavy (non-hydrogen) atoms. The second-order valence-corrected chi connectivity index (χ2v) is 6.01. The molecule has 4 heteroatoms. The van der Waals surface area contributed by atoms with Gasteiger partial charge in [-0.2, -0.15) is 0 Å². The van der Waals surface area contributed by atoms with Crippen LogP contribution in [0.3, 0.4) is 0 Å². The quantitative estimate of drug-likeness (QED) is 0.845. The second kappa shape index (κ2) is 6.29. The number of nitrogens with zero attached hydrogens (tertiary/aromatic N) is 2. The summed E-state index contributed by atoms with van der Waals surface area (Å²) in [4.78, 5) is 28.2. The third-order valence-corrected chi connectivity index (χ3v) is 4.49. The van der Waals surface area contributed by atoms with E-state index in [4.69, 9.17) is 0 Å². The molecule has 0 aliphatic carbocycles. The van der Waals surface area contributed by atoms with E-state index < -0.39 is 0 Å². The van der Waals surface area contributed by atoms with Gasteiger partial charge in [0.05, 0.1) is 5.92 Å². The zero-order chi connectivity index (χ0) is 14.7. The van der Waals surface area contributed by atoms with Gasteiger partial charge >= 0.3 is 0 Å². The van der Waals surface area contributed by atoms with Crippen LogP contribution in [-0.4, -0.2) is 47.8 Å². The van der Waals surface area contributed by atoms with Crippen LogP contribution in [0.2, 0.25) is 0 Å². The zero-order valence-electron chi connectivity index (χ0n) is 12.3. The van der Waals surface area contributed by atoms with Gasteiger partial charge in [0, 0.05) is 32.6 Å². The first-order chi connectivity index (χ1) is 10.2. The Balaban J connectivity index is 1.53. The van der Waals surface area contributed by atoms with Crippen molar-refractivity contribution in [2.45, 2.75) is 25.7 Å². The van der Waals surface area contributed by atoms with Gasteiger partial charge in [-0.3, -0.25) is 9.59 Å². The third kappa shape index (κ3) is 3.26. The molecule has 2 aliphatic rings. The molecule has 2 fully saturated rings. The maximum atomic E-state index is 12.4. The normalized spacial score (nSPS) is 22.1. The van der Waals surface area contributed by atoms with Gasteiger partial charge in [0.2, 0.25) is 11.8 Å². The van der Waals surface area contributed by atoms with Gasteiger partial charge in [0.1, 0.15) is 0 Å². The SMILES string of the molecule is O=C1CC(C(=O)N2CCCC2)CN1CCc1ccccc1. The molecule has 1 aromatic rings. The van der Waals surface area contributed by atoms with E-state index in [9.17, 15) is 9.59 Å². The minimum absolute atomic E-state index is 0.119. The van der Waals surface area contributed by atoms with E-state index in [1.54, 1.807) is 0 Å². The maximum absolute atomic E-state index is 12.4. The van der Waals surface area contributed by atoms with Gasteiger partial charge in [0.25, 0.3) is 0 Å². The van der Waals surface area contributed by atoms with E-state index in [2.05, 4.69) is 12.1 Å². The third-order valence-electron chi connectivity index (χ3n) is 4.49. The van der Waals surface area contributed by atoms with Crippen molar-refractivity contribution in [2.75, 3.05) is 26.2 Å². The molecule has 0 saturated carbocycles. The van der Waals surface area contributed by atoms with Crippen molar-refractivity contribution in [3.63, 3.8) is 0 Å². The molecule has 0 radical (unpaired) electrons. The predicted octanol–water partition coefficient (Wildman–Crippen LogP) is 1.70. The molecule has 0 aromatic heterocycles. The van der Waals surface area contributed by atoms with Crippen molar-refractivity contribution in [3.05, 3.63) is 35.9 Å². The number of carbonyl (C=O) groups is 2. The number of amides is 2. The first kappa shape index (κ1) is 14.1. The van der Waals surface area contributed by atoms with E-state index in [1.807, 2.05) is 28.0 Å². The molecule has 0 N–H and O–H groups in total. The molecule has 2 amide bonds. The second-order valence-electron chi connectivity index (χ2n) is 6.01. The first-order valence-corrected chi connectivity index (χ1v) is 7.84. The van der Waals surface area contributed by atoms with E-state index in [1.165, 1.54) is 5.56 Å². The minimum Gasteiger partial charge on any atom is -0.342 e. The van der Waals surface area contributed by atoms with Crippen LogP contribution >= 0.6 is 0 Å². The predicted molar refractivity (Wildman–Crippen MR) is 80.6 cm³/mol. The lowest BCUT2D eigenvalue weighted by molar-refractivity contribution is -0.134. The van der Waals surface area contributed by atoms with E-state index in [0.717, 1.165) is 32.4 Å².